The zero-order valence-corrected chi connectivity index (χ0v) is 19.5. The van der Waals surface area contributed by atoms with Crippen molar-refractivity contribution in [3.8, 4) is 5.75 Å². The van der Waals surface area contributed by atoms with Crippen LogP contribution < -0.4 is 9.64 Å². The summed E-state index contributed by atoms with van der Waals surface area (Å²) in [5.74, 6) is 0.0600. The fourth-order valence-corrected chi connectivity index (χ4v) is 4.77. The Morgan fingerprint density at radius 3 is 2.45 bits per heavy atom. The molecule has 7 heteroatoms. The van der Waals surface area contributed by atoms with Gasteiger partial charge in [0.2, 0.25) is 0 Å². The quantitative estimate of drug-likeness (QED) is 0.601. The molecule has 2 aromatic rings. The smallest absolute Gasteiger partial charge is 0.303 e. The van der Waals surface area contributed by atoms with Gasteiger partial charge in [0.1, 0.15) is 5.75 Å². The molecule has 31 heavy (non-hydrogen) atoms. The highest BCUT2D eigenvalue weighted by Crippen LogP contribution is 2.46. The summed E-state index contributed by atoms with van der Waals surface area (Å²) in [6.07, 6.45) is -0.923. The molecule has 1 aliphatic rings. The fourth-order valence-electron chi connectivity index (χ4n) is 3.45. The lowest BCUT2D eigenvalue weighted by Gasteiger charge is -2.30. The van der Waals surface area contributed by atoms with Gasteiger partial charge in [0.15, 0.2) is 6.10 Å². The third-order valence-corrected chi connectivity index (χ3v) is 6.86. The third kappa shape index (κ3) is 5.40. The van der Waals surface area contributed by atoms with Gasteiger partial charge in [-0.2, -0.15) is 0 Å². The van der Waals surface area contributed by atoms with Crippen molar-refractivity contribution in [3.05, 3.63) is 54.1 Å². The lowest BCUT2D eigenvalue weighted by atomic mass is 10.1. The molecule has 0 N–H and O–H groups in total. The number of thioether (sulfide) groups is 1. The average Bonchev–Trinajstić information content (AvgIpc) is 2.87. The number of hydrogen-bond donors (Lipinski definition) is 0. The molecule has 0 saturated heterocycles. The van der Waals surface area contributed by atoms with Crippen LogP contribution in [0.3, 0.4) is 0 Å². The van der Waals surface area contributed by atoms with E-state index in [0.717, 1.165) is 21.9 Å². The number of anilines is 1. The van der Waals surface area contributed by atoms with Crippen LogP contribution in [0.1, 0.15) is 31.6 Å². The van der Waals surface area contributed by atoms with E-state index in [-0.39, 0.29) is 11.2 Å². The largest absolute Gasteiger partial charge is 0.497 e. The molecular formula is C24H30N2O4S. The lowest BCUT2D eigenvalue weighted by molar-refractivity contribution is -0.152. The number of carbonyl (C=O) groups is 2. The highest BCUT2D eigenvalue weighted by molar-refractivity contribution is 7.99. The van der Waals surface area contributed by atoms with E-state index in [1.165, 1.54) is 6.92 Å². The number of benzene rings is 2. The Bertz CT molecular complexity index is 916. The van der Waals surface area contributed by atoms with Crippen LogP contribution in [0.4, 0.5) is 5.69 Å². The minimum atomic E-state index is -0.923. The van der Waals surface area contributed by atoms with E-state index in [9.17, 15) is 9.59 Å². The number of ether oxygens (including phenoxy) is 2. The zero-order valence-electron chi connectivity index (χ0n) is 18.7. The molecule has 0 unspecified atom stereocenters. The topological polar surface area (TPSA) is 59.1 Å². The van der Waals surface area contributed by atoms with Gasteiger partial charge in [-0.1, -0.05) is 24.3 Å². The van der Waals surface area contributed by atoms with E-state index in [4.69, 9.17) is 9.47 Å². The molecule has 166 valence electrons. The second-order valence-corrected chi connectivity index (χ2v) is 9.06. The van der Waals surface area contributed by atoms with Crippen molar-refractivity contribution in [2.24, 2.45) is 0 Å². The maximum Gasteiger partial charge on any atom is 0.303 e. The van der Waals surface area contributed by atoms with Crippen LogP contribution in [0.25, 0.3) is 0 Å². The number of methoxy groups -OCH3 is 1. The fraction of sp³-hybridized carbons (Fsp3) is 0.417. The summed E-state index contributed by atoms with van der Waals surface area (Å²) >= 11 is 1.55. The summed E-state index contributed by atoms with van der Waals surface area (Å²) in [6, 6.07) is 15.8. The van der Waals surface area contributed by atoms with Gasteiger partial charge in [-0.15, -0.1) is 11.8 Å². The number of nitrogens with zero attached hydrogens (tertiary/aromatic N) is 2. The SMILES string of the molecule is COc1ccc([C@@H]2Sc3ccccc3N(CCN(C)C(C)C)C(=O)[C@@H]2OC(C)=O)cc1. The summed E-state index contributed by atoms with van der Waals surface area (Å²) in [5, 5.41) is -0.365. The number of carbonyl (C=O) groups excluding carboxylic acids is 2. The van der Waals surface area contributed by atoms with E-state index >= 15 is 0 Å². The van der Waals surface area contributed by atoms with Gasteiger partial charge in [-0.05, 0) is 50.7 Å². The molecule has 0 bridgehead atoms. The summed E-state index contributed by atoms with van der Waals surface area (Å²) in [4.78, 5) is 30.6. The van der Waals surface area contributed by atoms with Crippen molar-refractivity contribution < 1.29 is 19.1 Å². The van der Waals surface area contributed by atoms with E-state index in [0.29, 0.717) is 19.1 Å². The molecule has 2 atom stereocenters. The Morgan fingerprint density at radius 2 is 1.84 bits per heavy atom. The Balaban J connectivity index is 2.02. The van der Waals surface area contributed by atoms with Crippen LogP contribution in [0.5, 0.6) is 5.75 Å². The standard InChI is InChI=1S/C24H30N2O4S/c1-16(2)25(4)14-15-26-20-8-6-7-9-21(20)31-23(22(24(26)28)30-17(3)27)18-10-12-19(29-5)13-11-18/h6-13,16,22-23H,14-15H2,1-5H3/t22-,23+/m1/s1. The van der Waals surface area contributed by atoms with Crippen molar-refractivity contribution >= 4 is 29.3 Å². The Morgan fingerprint density at radius 1 is 1.16 bits per heavy atom. The molecule has 0 spiro atoms. The molecule has 1 amide bonds. The summed E-state index contributed by atoms with van der Waals surface area (Å²) < 4.78 is 10.9. The maximum atomic E-state index is 13.7. The maximum absolute atomic E-state index is 13.7. The molecule has 1 aliphatic heterocycles. The van der Waals surface area contributed by atoms with Crippen LogP contribution in [0.15, 0.2) is 53.4 Å². The molecule has 0 fully saturated rings. The highest BCUT2D eigenvalue weighted by Gasteiger charge is 2.40. The first-order chi connectivity index (χ1) is 14.8. The molecule has 6 nitrogen and oxygen atoms in total. The van der Waals surface area contributed by atoms with Crippen LogP contribution in [0, 0.1) is 0 Å². The normalized spacial score (nSPS) is 18.7. The predicted octanol–water partition coefficient (Wildman–Crippen LogP) is 4.15. The highest BCUT2D eigenvalue weighted by atomic mass is 32.2. The van der Waals surface area contributed by atoms with E-state index in [1.807, 2.05) is 55.6 Å². The third-order valence-electron chi connectivity index (χ3n) is 5.49. The molecule has 0 radical (unpaired) electrons. The molecule has 0 saturated carbocycles. The average molecular weight is 443 g/mol. The summed E-state index contributed by atoms with van der Waals surface area (Å²) in [5.41, 5.74) is 1.75. The van der Waals surface area contributed by atoms with Crippen molar-refractivity contribution in [2.75, 3.05) is 32.1 Å². The molecule has 0 aromatic heterocycles. The number of fused-ring (bicyclic) bond motifs is 1. The van der Waals surface area contributed by atoms with Gasteiger partial charge in [0.25, 0.3) is 5.91 Å². The van der Waals surface area contributed by atoms with Crippen molar-refractivity contribution in [1.29, 1.82) is 0 Å². The first-order valence-corrected chi connectivity index (χ1v) is 11.3. The molecule has 1 heterocycles. The minimum absolute atomic E-state index is 0.203. The molecule has 3 rings (SSSR count). The number of amides is 1. The second kappa shape index (κ2) is 10.2. The van der Waals surface area contributed by atoms with Crippen molar-refractivity contribution in [3.63, 3.8) is 0 Å². The molecule has 0 aliphatic carbocycles. The van der Waals surface area contributed by atoms with Crippen LogP contribution in [0.2, 0.25) is 0 Å². The van der Waals surface area contributed by atoms with Gasteiger partial charge in [0.05, 0.1) is 18.0 Å². The number of para-hydroxylation sites is 1. The monoisotopic (exact) mass is 442 g/mol. The first-order valence-electron chi connectivity index (χ1n) is 10.4. The van der Waals surface area contributed by atoms with Gasteiger partial charge in [0, 0.05) is 31.0 Å². The molecule has 2 aromatic carbocycles. The first kappa shape index (κ1) is 23.2. The summed E-state index contributed by atoms with van der Waals surface area (Å²) in [7, 11) is 3.65. The van der Waals surface area contributed by atoms with Gasteiger partial charge in [-0.3, -0.25) is 9.59 Å². The van der Waals surface area contributed by atoms with Crippen molar-refractivity contribution in [2.45, 2.75) is 43.1 Å². The lowest BCUT2D eigenvalue weighted by Crippen LogP contribution is -2.46. The number of rotatable bonds is 7. The van der Waals surface area contributed by atoms with Crippen LogP contribution in [-0.4, -0.2) is 56.2 Å². The molecular weight excluding hydrogens is 412 g/mol. The van der Waals surface area contributed by atoms with E-state index in [2.05, 4.69) is 18.7 Å². The second-order valence-electron chi connectivity index (χ2n) is 7.87. The Labute approximate surface area is 188 Å². The van der Waals surface area contributed by atoms with Gasteiger partial charge < -0.3 is 19.3 Å². The van der Waals surface area contributed by atoms with Crippen LogP contribution in [-0.2, 0) is 14.3 Å². The number of esters is 1. The minimum Gasteiger partial charge on any atom is -0.497 e. The van der Waals surface area contributed by atoms with Crippen LogP contribution >= 0.6 is 11.8 Å². The van der Waals surface area contributed by atoms with Gasteiger partial charge >= 0.3 is 5.97 Å². The number of likely N-dealkylation sites (N-methyl/N-ethyl adjacent to an activating group) is 1. The Kier molecular flexibility index (Phi) is 7.62. The summed E-state index contributed by atoms with van der Waals surface area (Å²) in [6.45, 7) is 6.81. The zero-order chi connectivity index (χ0) is 22.5. The Hall–Kier alpha value is -2.51. The van der Waals surface area contributed by atoms with Gasteiger partial charge in [-0.25, -0.2) is 0 Å². The van der Waals surface area contributed by atoms with E-state index < -0.39 is 12.1 Å². The predicted molar refractivity (Wildman–Crippen MR) is 124 cm³/mol. The number of hydrogen-bond acceptors (Lipinski definition) is 6. The van der Waals surface area contributed by atoms with E-state index in [1.54, 1.807) is 23.8 Å². The van der Waals surface area contributed by atoms with Crippen molar-refractivity contribution in [1.82, 2.24) is 4.90 Å².